The van der Waals surface area contributed by atoms with Crippen molar-refractivity contribution in [3.8, 4) is 5.88 Å². The van der Waals surface area contributed by atoms with Gasteiger partial charge in [-0.2, -0.15) is 0 Å². The van der Waals surface area contributed by atoms with Crippen LogP contribution in [0.25, 0.3) is 5.65 Å². The van der Waals surface area contributed by atoms with Gasteiger partial charge in [0.15, 0.2) is 5.65 Å². The van der Waals surface area contributed by atoms with Gasteiger partial charge in [-0.25, -0.2) is 0 Å². The van der Waals surface area contributed by atoms with Crippen molar-refractivity contribution in [2.24, 2.45) is 0 Å². The zero-order valence-electron chi connectivity index (χ0n) is 7.64. The van der Waals surface area contributed by atoms with Crippen molar-refractivity contribution in [1.29, 1.82) is 0 Å². The SMILES string of the molecule is CC(C)Oc1cccc2nncn12. The molecule has 0 aliphatic carbocycles. The standard InChI is InChI=1S/C9H11N3O/c1-7(2)13-9-5-3-4-8-11-10-6-12(8)9/h3-7H,1-2H3. The first-order valence-electron chi connectivity index (χ1n) is 4.23. The highest BCUT2D eigenvalue weighted by atomic mass is 16.5. The van der Waals surface area contributed by atoms with E-state index in [4.69, 9.17) is 4.74 Å². The van der Waals surface area contributed by atoms with Gasteiger partial charge in [-0.3, -0.25) is 4.40 Å². The van der Waals surface area contributed by atoms with Crippen molar-refractivity contribution in [3.63, 3.8) is 0 Å². The maximum absolute atomic E-state index is 5.57. The van der Waals surface area contributed by atoms with E-state index in [1.54, 1.807) is 6.33 Å². The van der Waals surface area contributed by atoms with Crippen molar-refractivity contribution >= 4 is 5.65 Å². The Bertz CT molecular complexity index is 408. The summed E-state index contributed by atoms with van der Waals surface area (Å²) < 4.78 is 7.39. The number of hydrogen-bond donors (Lipinski definition) is 0. The monoisotopic (exact) mass is 177 g/mol. The van der Waals surface area contributed by atoms with E-state index in [-0.39, 0.29) is 6.10 Å². The molecule has 13 heavy (non-hydrogen) atoms. The maximum Gasteiger partial charge on any atom is 0.200 e. The first-order chi connectivity index (χ1) is 6.27. The molecule has 0 aromatic carbocycles. The van der Waals surface area contributed by atoms with Crippen molar-refractivity contribution in [2.45, 2.75) is 20.0 Å². The third-order valence-electron chi connectivity index (χ3n) is 1.65. The summed E-state index contributed by atoms with van der Waals surface area (Å²) >= 11 is 0. The van der Waals surface area contributed by atoms with Crippen LogP contribution in [-0.2, 0) is 0 Å². The molecule has 0 radical (unpaired) electrons. The number of ether oxygens (including phenoxy) is 1. The van der Waals surface area contributed by atoms with Gasteiger partial charge in [0.05, 0.1) is 6.10 Å². The van der Waals surface area contributed by atoms with Crippen molar-refractivity contribution < 1.29 is 4.74 Å². The zero-order valence-corrected chi connectivity index (χ0v) is 7.64. The van der Waals surface area contributed by atoms with E-state index < -0.39 is 0 Å². The fourth-order valence-corrected chi connectivity index (χ4v) is 1.16. The normalized spacial score (nSPS) is 11.0. The lowest BCUT2D eigenvalue weighted by atomic mass is 10.4. The van der Waals surface area contributed by atoms with Crippen LogP contribution >= 0.6 is 0 Å². The lowest BCUT2D eigenvalue weighted by Crippen LogP contribution is -2.08. The molecule has 0 fully saturated rings. The molecule has 0 saturated heterocycles. The molecule has 0 bridgehead atoms. The Morgan fingerprint density at radius 1 is 1.38 bits per heavy atom. The molecule has 0 amide bonds. The van der Waals surface area contributed by atoms with Crippen LogP contribution in [0.1, 0.15) is 13.8 Å². The van der Waals surface area contributed by atoms with E-state index in [1.165, 1.54) is 0 Å². The van der Waals surface area contributed by atoms with Gasteiger partial charge in [0.1, 0.15) is 6.33 Å². The van der Waals surface area contributed by atoms with Gasteiger partial charge in [-0.15, -0.1) is 10.2 Å². The second-order valence-corrected chi connectivity index (χ2v) is 3.09. The third-order valence-corrected chi connectivity index (χ3v) is 1.65. The summed E-state index contributed by atoms with van der Waals surface area (Å²) in [5.74, 6) is 0.775. The predicted molar refractivity (Wildman–Crippen MR) is 48.8 cm³/mol. The Labute approximate surface area is 76.2 Å². The number of pyridine rings is 1. The number of aromatic nitrogens is 3. The molecule has 4 nitrogen and oxygen atoms in total. The molecule has 4 heteroatoms. The molecule has 0 spiro atoms. The molecule has 2 heterocycles. The Morgan fingerprint density at radius 2 is 2.23 bits per heavy atom. The summed E-state index contributed by atoms with van der Waals surface area (Å²) in [4.78, 5) is 0. The fraction of sp³-hybridized carbons (Fsp3) is 0.333. The topological polar surface area (TPSA) is 39.4 Å². The summed E-state index contributed by atoms with van der Waals surface area (Å²) in [6, 6.07) is 5.69. The Kier molecular flexibility index (Phi) is 1.88. The van der Waals surface area contributed by atoms with E-state index in [0.29, 0.717) is 0 Å². The maximum atomic E-state index is 5.57. The van der Waals surface area contributed by atoms with Gasteiger partial charge >= 0.3 is 0 Å². The van der Waals surface area contributed by atoms with Crippen LogP contribution in [-0.4, -0.2) is 20.7 Å². The predicted octanol–water partition coefficient (Wildman–Crippen LogP) is 1.52. The van der Waals surface area contributed by atoms with Gasteiger partial charge in [0, 0.05) is 0 Å². The second-order valence-electron chi connectivity index (χ2n) is 3.09. The van der Waals surface area contributed by atoms with Gasteiger partial charge in [0.2, 0.25) is 5.88 Å². The summed E-state index contributed by atoms with van der Waals surface area (Å²) in [7, 11) is 0. The molecule has 0 atom stereocenters. The van der Waals surface area contributed by atoms with E-state index in [1.807, 2.05) is 36.4 Å². The van der Waals surface area contributed by atoms with Gasteiger partial charge in [-0.05, 0) is 26.0 Å². The third kappa shape index (κ3) is 1.47. The fourth-order valence-electron chi connectivity index (χ4n) is 1.16. The molecule has 2 aromatic heterocycles. The summed E-state index contributed by atoms with van der Waals surface area (Å²) in [5.41, 5.74) is 0.804. The minimum atomic E-state index is 0.160. The van der Waals surface area contributed by atoms with Crippen LogP contribution in [0.4, 0.5) is 0 Å². The Balaban J connectivity index is 2.48. The molecule has 0 unspecified atom stereocenters. The highest BCUT2D eigenvalue weighted by Crippen LogP contribution is 2.13. The van der Waals surface area contributed by atoms with E-state index in [2.05, 4.69) is 10.2 Å². The van der Waals surface area contributed by atoms with E-state index in [0.717, 1.165) is 11.5 Å². The summed E-state index contributed by atoms with van der Waals surface area (Å²) in [5, 5.41) is 7.72. The molecule has 2 aromatic rings. The van der Waals surface area contributed by atoms with Gasteiger partial charge < -0.3 is 4.74 Å². The van der Waals surface area contributed by atoms with Crippen LogP contribution in [0.15, 0.2) is 24.5 Å². The average molecular weight is 177 g/mol. The van der Waals surface area contributed by atoms with Crippen molar-refractivity contribution in [3.05, 3.63) is 24.5 Å². The van der Waals surface area contributed by atoms with Crippen LogP contribution in [0.3, 0.4) is 0 Å². The molecule has 0 N–H and O–H groups in total. The molecular weight excluding hydrogens is 166 g/mol. The van der Waals surface area contributed by atoms with Crippen LogP contribution < -0.4 is 4.74 Å². The number of hydrogen-bond acceptors (Lipinski definition) is 3. The summed E-state index contributed by atoms with van der Waals surface area (Å²) in [6.07, 6.45) is 1.81. The van der Waals surface area contributed by atoms with E-state index >= 15 is 0 Å². The molecule has 0 saturated carbocycles. The van der Waals surface area contributed by atoms with Crippen LogP contribution in [0, 0.1) is 0 Å². The minimum Gasteiger partial charge on any atom is -0.476 e. The highest BCUT2D eigenvalue weighted by molar-refractivity contribution is 5.40. The zero-order chi connectivity index (χ0) is 9.26. The van der Waals surface area contributed by atoms with Crippen LogP contribution in [0.5, 0.6) is 5.88 Å². The number of rotatable bonds is 2. The largest absolute Gasteiger partial charge is 0.476 e. The lowest BCUT2D eigenvalue weighted by molar-refractivity contribution is 0.229. The quantitative estimate of drug-likeness (QED) is 0.698. The molecule has 0 aliphatic rings. The second kappa shape index (κ2) is 3.05. The molecule has 68 valence electrons. The first-order valence-corrected chi connectivity index (χ1v) is 4.23. The molecule has 2 rings (SSSR count). The average Bonchev–Trinajstić information content (AvgIpc) is 2.51. The smallest absolute Gasteiger partial charge is 0.200 e. The van der Waals surface area contributed by atoms with Gasteiger partial charge in [-0.1, -0.05) is 6.07 Å². The molecule has 0 aliphatic heterocycles. The summed E-state index contributed by atoms with van der Waals surface area (Å²) in [6.45, 7) is 3.98. The lowest BCUT2D eigenvalue weighted by Gasteiger charge is -2.10. The number of fused-ring (bicyclic) bond motifs is 1. The van der Waals surface area contributed by atoms with Crippen LogP contribution in [0.2, 0.25) is 0 Å². The Morgan fingerprint density at radius 3 is 3.00 bits per heavy atom. The highest BCUT2D eigenvalue weighted by Gasteiger charge is 2.03. The van der Waals surface area contributed by atoms with E-state index in [9.17, 15) is 0 Å². The minimum absolute atomic E-state index is 0.160. The number of nitrogens with zero attached hydrogens (tertiary/aromatic N) is 3. The van der Waals surface area contributed by atoms with Gasteiger partial charge in [0.25, 0.3) is 0 Å². The first kappa shape index (κ1) is 8.04. The Hall–Kier alpha value is -1.58. The van der Waals surface area contributed by atoms with Crippen molar-refractivity contribution in [1.82, 2.24) is 14.6 Å². The van der Waals surface area contributed by atoms with Crippen molar-refractivity contribution in [2.75, 3.05) is 0 Å². The molecular formula is C9H11N3O.